The molecular weight excluding hydrogens is 1380 g/mol. The van der Waals surface area contributed by atoms with Crippen molar-refractivity contribution in [2.45, 2.75) is 154 Å². The van der Waals surface area contributed by atoms with E-state index in [0.717, 1.165) is 147 Å². The van der Waals surface area contributed by atoms with Crippen molar-refractivity contribution in [3.8, 4) is 92.0 Å². The highest BCUT2D eigenvalue weighted by molar-refractivity contribution is 5.81. The van der Waals surface area contributed by atoms with Crippen molar-refractivity contribution < 1.29 is 95.0 Å². The average molecular weight is 1470 g/mol. The van der Waals surface area contributed by atoms with Crippen LogP contribution in [0.15, 0.2) is 121 Å². The second-order valence-corrected chi connectivity index (χ2v) is 27.4. The maximum Gasteiger partial charge on any atom is 0.231 e. The molecule has 0 aromatic heterocycles. The molecule has 5 aliphatic rings. The second kappa shape index (κ2) is 37.2. The summed E-state index contributed by atoms with van der Waals surface area (Å²) in [5.74, 6) is 4.29. The Morgan fingerprint density at radius 3 is 0.639 bits per heavy atom. The van der Waals surface area contributed by atoms with Crippen LogP contribution in [0, 0.1) is 0 Å². The largest absolute Gasteiger partial charge is 0.489 e. The van der Waals surface area contributed by atoms with Crippen LogP contribution in [0.3, 0.4) is 0 Å². The van der Waals surface area contributed by atoms with Crippen LogP contribution in [0.5, 0.6) is 92.0 Å². The number of hydrogen-bond acceptors (Lipinski definition) is 20. The summed E-state index contributed by atoms with van der Waals surface area (Å²) in [5, 5.41) is 0. The number of rotatable bonds is 40. The Morgan fingerprint density at radius 2 is 0.454 bits per heavy atom. The molecule has 20 heteroatoms. The average Bonchev–Trinajstić information content (AvgIpc) is 0.722. The van der Waals surface area contributed by atoms with Gasteiger partial charge >= 0.3 is 0 Å². The fourth-order valence-electron chi connectivity index (χ4n) is 15.4. The molecule has 0 fully saturated rings. The van der Waals surface area contributed by atoms with Crippen LogP contribution in [0.1, 0.15) is 240 Å². The molecule has 0 radical (unpaired) electrons. The van der Waals surface area contributed by atoms with E-state index in [9.17, 15) is 19.2 Å². The van der Waals surface area contributed by atoms with Gasteiger partial charge in [-0.3, -0.25) is 19.2 Å². The summed E-state index contributed by atoms with van der Waals surface area (Å²) in [6.07, 6.45) is 16.0. The first-order chi connectivity index (χ1) is 53.3. The van der Waals surface area contributed by atoms with Crippen LogP contribution in [0.25, 0.3) is 0 Å². The van der Waals surface area contributed by atoms with Gasteiger partial charge in [-0.2, -0.15) is 0 Å². The number of carbonyl (C=O) groups excluding carboxylic acids is 4. The van der Waals surface area contributed by atoms with Gasteiger partial charge < -0.3 is 75.8 Å². The Morgan fingerprint density at radius 1 is 0.269 bits per heavy atom. The fraction of sp³-hybridized carbons (Fsp3) is 0.409. The quantitative estimate of drug-likeness (QED) is 0.0258. The van der Waals surface area contributed by atoms with E-state index in [1.54, 1.807) is 72.8 Å². The molecule has 108 heavy (non-hydrogen) atoms. The molecule has 4 aliphatic heterocycles. The number of para-hydroxylation sites is 4. The minimum absolute atomic E-state index is 0.00142. The van der Waals surface area contributed by atoms with E-state index in [1.807, 2.05) is 24.3 Å². The second-order valence-electron chi connectivity index (χ2n) is 27.4. The first kappa shape index (κ1) is 75.5. The van der Waals surface area contributed by atoms with Crippen LogP contribution in [-0.2, 0) is 0 Å². The molecule has 8 aromatic carbocycles. The SMILES string of the molecule is CCCCCC1c2cc3c4c(OCCOc5ccccc5C=O)c2OCOc2c1cc1c(c2OCCOc2ccccc2C=O)OCOc2c(cc5c(c2OCCOc2ccccc2C=O)OCOc2c(cc(c(c2OCCOc2ccccc2C=O)OCO4)C3CCCCC)C5CCCCC)C1CCCCC. The zero-order valence-corrected chi connectivity index (χ0v) is 62.1. The number of unbranched alkanes of at least 4 members (excludes halogenated alkanes) is 8. The summed E-state index contributed by atoms with van der Waals surface area (Å²) in [6, 6.07) is 37.4. The predicted octanol–water partition coefficient (Wildman–Crippen LogP) is 18.8. The molecule has 0 saturated heterocycles. The number of carbonyl (C=O) groups is 4. The maximum absolute atomic E-state index is 12.3. The lowest BCUT2D eigenvalue weighted by Crippen LogP contribution is -2.25. The third kappa shape index (κ3) is 16.7. The number of ether oxygens (including phenoxy) is 16. The normalized spacial score (nSPS) is 16.0. The van der Waals surface area contributed by atoms with Crippen LogP contribution < -0.4 is 75.8 Å². The predicted molar refractivity (Wildman–Crippen MR) is 405 cm³/mol. The summed E-state index contributed by atoms with van der Waals surface area (Å²) in [5.41, 5.74) is 8.19. The summed E-state index contributed by atoms with van der Waals surface area (Å²) in [4.78, 5) is 49.3. The van der Waals surface area contributed by atoms with E-state index >= 15 is 0 Å². The number of hydrogen-bond donors (Lipinski definition) is 0. The van der Waals surface area contributed by atoms with E-state index < -0.39 is 23.7 Å². The van der Waals surface area contributed by atoms with Crippen LogP contribution in [0.4, 0.5) is 0 Å². The Kier molecular flexibility index (Phi) is 26.0. The van der Waals surface area contributed by atoms with Crippen molar-refractivity contribution >= 4 is 25.1 Å². The van der Waals surface area contributed by atoms with Gasteiger partial charge in [0, 0.05) is 68.2 Å². The summed E-state index contributed by atoms with van der Waals surface area (Å²) in [6.45, 7) is 7.64. The summed E-state index contributed by atoms with van der Waals surface area (Å²) in [7, 11) is 0. The van der Waals surface area contributed by atoms with Crippen LogP contribution in [0.2, 0.25) is 0 Å². The minimum Gasteiger partial charge on any atom is -0.489 e. The monoisotopic (exact) mass is 1470 g/mol. The van der Waals surface area contributed by atoms with Crippen LogP contribution >= 0.6 is 0 Å². The van der Waals surface area contributed by atoms with E-state index in [4.69, 9.17) is 75.8 Å². The lowest BCUT2D eigenvalue weighted by Gasteiger charge is -2.37. The molecule has 8 bridgehead atoms. The van der Waals surface area contributed by atoms with E-state index in [-0.39, 0.29) is 80.0 Å². The highest BCUT2D eigenvalue weighted by atomic mass is 16.7. The van der Waals surface area contributed by atoms with Gasteiger partial charge in [-0.15, -0.1) is 0 Å². The van der Waals surface area contributed by atoms with Crippen molar-refractivity contribution in [3.63, 3.8) is 0 Å². The van der Waals surface area contributed by atoms with E-state index in [0.29, 0.717) is 140 Å². The minimum atomic E-state index is -0.492. The smallest absolute Gasteiger partial charge is 0.231 e. The lowest BCUT2D eigenvalue weighted by molar-refractivity contribution is 0.0796. The van der Waals surface area contributed by atoms with Gasteiger partial charge in [0.15, 0.2) is 71.1 Å². The summed E-state index contributed by atoms with van der Waals surface area (Å²) < 4.78 is 111. The number of benzene rings is 8. The molecule has 0 unspecified atom stereocenters. The third-order valence-electron chi connectivity index (χ3n) is 20.5. The number of aldehydes is 4. The standard InChI is InChI=1S/C88H96O20/c1-5-9-13-29-61-65-45-67-62(30-14-10-6-2)69-47-71-64(32-16-12-8-4)72-48-70-63(31-15-11-7-3)68-46-66(61)78-86(98-42-38-94-74-34-22-18-26-58(74)50-90)80(68)104-55-106-82(70)88(100-44-40-96-76-36-24-20-28-60(76)52-92)84(72)108-56-107-83(71)87(99-43-39-95-75-35-23-19-27-59(75)51-91)81(69)105-54-103-79(67)85(77(65)101-53-102-78)97-41-37-93-73-33-21-17-25-57(73)49-89/h17-28,33-36,45-52,61-64H,5-16,29-32,37-44,53-56H2,1-4H3. The van der Waals surface area contributed by atoms with Gasteiger partial charge in [-0.25, -0.2) is 0 Å². The molecule has 0 amide bonds. The van der Waals surface area contributed by atoms with Crippen molar-refractivity contribution in [3.05, 3.63) is 188 Å². The lowest BCUT2D eigenvalue weighted by atomic mass is 9.75. The van der Waals surface area contributed by atoms with Crippen molar-refractivity contribution in [1.29, 1.82) is 0 Å². The van der Waals surface area contributed by atoms with Gasteiger partial charge in [0.05, 0.1) is 22.3 Å². The summed E-state index contributed by atoms with van der Waals surface area (Å²) >= 11 is 0. The molecule has 20 nitrogen and oxygen atoms in total. The van der Waals surface area contributed by atoms with E-state index in [1.165, 1.54) is 0 Å². The molecule has 1 aliphatic carbocycles. The molecule has 4 heterocycles. The molecule has 13 rings (SSSR count). The highest BCUT2D eigenvalue weighted by Crippen LogP contribution is 2.63. The molecule has 568 valence electrons. The van der Waals surface area contributed by atoms with Gasteiger partial charge in [-0.05, 0) is 98.5 Å². The third-order valence-corrected chi connectivity index (χ3v) is 20.5. The molecular formula is C88H96O20. The maximum atomic E-state index is 12.3. The zero-order chi connectivity index (χ0) is 74.6. The molecule has 0 spiro atoms. The Balaban J connectivity index is 1.11. The zero-order valence-electron chi connectivity index (χ0n) is 62.1. The van der Waals surface area contributed by atoms with Gasteiger partial charge in [0.25, 0.3) is 0 Å². The van der Waals surface area contributed by atoms with Crippen molar-refractivity contribution in [2.24, 2.45) is 0 Å². The van der Waals surface area contributed by atoms with Gasteiger partial charge in [-0.1, -0.05) is 153 Å². The fourth-order valence-corrected chi connectivity index (χ4v) is 15.4. The highest BCUT2D eigenvalue weighted by Gasteiger charge is 2.43. The van der Waals surface area contributed by atoms with Crippen molar-refractivity contribution in [2.75, 3.05) is 80.0 Å². The van der Waals surface area contributed by atoms with Gasteiger partial charge in [0.2, 0.25) is 50.2 Å². The molecule has 0 saturated carbocycles. The Labute approximate surface area is 631 Å². The molecule has 0 atom stereocenters. The Hall–Kier alpha value is -10.8. The topological polar surface area (TPSA) is 216 Å². The molecule has 0 N–H and O–H groups in total. The van der Waals surface area contributed by atoms with Crippen LogP contribution in [-0.4, -0.2) is 105 Å². The first-order valence-electron chi connectivity index (χ1n) is 38.4. The Bertz CT molecular complexity index is 3750. The van der Waals surface area contributed by atoms with Gasteiger partial charge in [0.1, 0.15) is 75.9 Å². The van der Waals surface area contributed by atoms with Crippen molar-refractivity contribution in [1.82, 2.24) is 0 Å². The molecule has 8 aromatic rings. The van der Waals surface area contributed by atoms with E-state index in [2.05, 4.69) is 52.0 Å². The first-order valence-corrected chi connectivity index (χ1v) is 38.4.